The van der Waals surface area contributed by atoms with Gasteiger partial charge in [-0.3, -0.25) is 0 Å². The Morgan fingerprint density at radius 3 is 2.81 bits per heavy atom. The molecule has 1 atom stereocenters. The van der Waals surface area contributed by atoms with Crippen LogP contribution in [0.1, 0.15) is 6.42 Å². The van der Waals surface area contributed by atoms with Crippen molar-refractivity contribution in [1.82, 2.24) is 5.32 Å². The highest BCUT2D eigenvalue weighted by Gasteiger charge is 2.21. The second-order valence-corrected chi connectivity index (χ2v) is 4.16. The topological polar surface area (TPSA) is 61.5 Å². The van der Waals surface area contributed by atoms with Crippen LogP contribution in [-0.4, -0.2) is 37.4 Å². The number of nitrogen functional groups attached to an aromatic ring is 1. The standard InChI is InChI=1S/C12H19N3O/c13-10-1-3-11(4-2-10)15-7-6-14-9-12(15)5-8-16/h1-4,12,14,16H,5-9,13H2. The molecular formula is C12H19N3O. The quantitative estimate of drug-likeness (QED) is 0.648. The van der Waals surface area contributed by atoms with E-state index in [1.54, 1.807) is 0 Å². The van der Waals surface area contributed by atoms with Gasteiger partial charge in [-0.2, -0.15) is 0 Å². The number of aliphatic hydroxyl groups is 1. The summed E-state index contributed by atoms with van der Waals surface area (Å²) in [5.41, 5.74) is 7.66. The van der Waals surface area contributed by atoms with Gasteiger partial charge in [-0.25, -0.2) is 0 Å². The van der Waals surface area contributed by atoms with E-state index in [4.69, 9.17) is 10.8 Å². The fraction of sp³-hybridized carbons (Fsp3) is 0.500. The van der Waals surface area contributed by atoms with Gasteiger partial charge in [-0.1, -0.05) is 0 Å². The molecule has 4 N–H and O–H groups in total. The summed E-state index contributed by atoms with van der Waals surface area (Å²) < 4.78 is 0. The number of anilines is 2. The van der Waals surface area contributed by atoms with Gasteiger partial charge >= 0.3 is 0 Å². The smallest absolute Gasteiger partial charge is 0.0451 e. The lowest BCUT2D eigenvalue weighted by molar-refractivity contribution is 0.266. The molecule has 1 aliphatic rings. The minimum atomic E-state index is 0.234. The van der Waals surface area contributed by atoms with E-state index in [2.05, 4.69) is 10.2 Å². The summed E-state index contributed by atoms with van der Waals surface area (Å²) >= 11 is 0. The van der Waals surface area contributed by atoms with Crippen LogP contribution in [-0.2, 0) is 0 Å². The van der Waals surface area contributed by atoms with Gasteiger partial charge < -0.3 is 21.1 Å². The summed E-state index contributed by atoms with van der Waals surface area (Å²) in [4.78, 5) is 2.34. The van der Waals surface area contributed by atoms with Crippen LogP contribution < -0.4 is 16.0 Å². The molecule has 0 aliphatic carbocycles. The molecule has 1 saturated heterocycles. The van der Waals surface area contributed by atoms with E-state index in [0.717, 1.165) is 31.7 Å². The maximum atomic E-state index is 9.05. The number of nitrogens with two attached hydrogens (primary N) is 1. The Morgan fingerprint density at radius 1 is 1.38 bits per heavy atom. The van der Waals surface area contributed by atoms with Crippen molar-refractivity contribution < 1.29 is 5.11 Å². The van der Waals surface area contributed by atoms with Crippen LogP contribution in [0.3, 0.4) is 0 Å². The highest BCUT2D eigenvalue weighted by molar-refractivity contribution is 5.54. The molecule has 1 aromatic rings. The summed E-state index contributed by atoms with van der Waals surface area (Å²) in [5.74, 6) is 0. The van der Waals surface area contributed by atoms with Gasteiger partial charge in [-0.05, 0) is 30.7 Å². The summed E-state index contributed by atoms with van der Waals surface area (Å²) in [5, 5.41) is 12.4. The maximum Gasteiger partial charge on any atom is 0.0451 e. The number of nitrogens with zero attached hydrogens (tertiary/aromatic N) is 1. The molecule has 1 aliphatic heterocycles. The molecule has 88 valence electrons. The van der Waals surface area contributed by atoms with Crippen molar-refractivity contribution in [2.45, 2.75) is 12.5 Å². The van der Waals surface area contributed by atoms with Gasteiger partial charge in [-0.15, -0.1) is 0 Å². The van der Waals surface area contributed by atoms with Crippen molar-refractivity contribution in [1.29, 1.82) is 0 Å². The van der Waals surface area contributed by atoms with Gasteiger partial charge in [0.25, 0.3) is 0 Å². The van der Waals surface area contributed by atoms with E-state index in [-0.39, 0.29) is 6.61 Å². The first kappa shape index (κ1) is 11.2. The summed E-state index contributed by atoms with van der Waals surface area (Å²) in [7, 11) is 0. The van der Waals surface area contributed by atoms with Gasteiger partial charge in [0.1, 0.15) is 0 Å². The zero-order valence-corrected chi connectivity index (χ0v) is 9.39. The van der Waals surface area contributed by atoms with E-state index < -0.39 is 0 Å². The van der Waals surface area contributed by atoms with Crippen molar-refractivity contribution in [2.24, 2.45) is 0 Å². The first-order chi connectivity index (χ1) is 7.81. The lowest BCUT2D eigenvalue weighted by atomic mass is 10.1. The van der Waals surface area contributed by atoms with Crippen molar-refractivity contribution in [3.05, 3.63) is 24.3 Å². The number of aliphatic hydroxyl groups excluding tert-OH is 1. The number of piperazine rings is 1. The fourth-order valence-corrected chi connectivity index (χ4v) is 2.17. The number of nitrogens with one attached hydrogen (secondary N) is 1. The molecule has 1 aromatic carbocycles. The van der Waals surface area contributed by atoms with Crippen molar-refractivity contribution >= 4 is 11.4 Å². The van der Waals surface area contributed by atoms with Crippen LogP contribution >= 0.6 is 0 Å². The molecule has 4 nitrogen and oxygen atoms in total. The number of hydrogen-bond acceptors (Lipinski definition) is 4. The third-order valence-corrected chi connectivity index (χ3v) is 3.04. The molecule has 1 heterocycles. The molecule has 0 spiro atoms. The molecule has 0 saturated carbocycles. The second kappa shape index (κ2) is 5.18. The van der Waals surface area contributed by atoms with Crippen molar-refractivity contribution in [3.63, 3.8) is 0 Å². The lowest BCUT2D eigenvalue weighted by Gasteiger charge is -2.37. The van der Waals surface area contributed by atoms with E-state index >= 15 is 0 Å². The predicted octanol–water partition coefficient (Wildman–Crippen LogP) is 0.429. The molecule has 0 bridgehead atoms. The van der Waals surface area contributed by atoms with Crippen LogP contribution in [0, 0.1) is 0 Å². The first-order valence-electron chi connectivity index (χ1n) is 5.75. The molecule has 0 aromatic heterocycles. The van der Waals surface area contributed by atoms with Gasteiger partial charge in [0.15, 0.2) is 0 Å². The minimum absolute atomic E-state index is 0.234. The van der Waals surface area contributed by atoms with Gasteiger partial charge in [0, 0.05) is 43.7 Å². The molecule has 16 heavy (non-hydrogen) atoms. The van der Waals surface area contributed by atoms with Crippen LogP contribution in [0.2, 0.25) is 0 Å². The number of benzene rings is 1. The zero-order valence-electron chi connectivity index (χ0n) is 9.39. The van der Waals surface area contributed by atoms with Crippen LogP contribution in [0.4, 0.5) is 11.4 Å². The van der Waals surface area contributed by atoms with Crippen LogP contribution in [0.15, 0.2) is 24.3 Å². The maximum absolute atomic E-state index is 9.05. The Bertz CT molecular complexity index is 324. The molecule has 0 amide bonds. The summed E-state index contributed by atoms with van der Waals surface area (Å²) in [6.45, 7) is 3.14. The SMILES string of the molecule is Nc1ccc(N2CCNCC2CCO)cc1. The molecule has 1 fully saturated rings. The van der Waals surface area contributed by atoms with E-state index in [1.165, 1.54) is 5.69 Å². The third-order valence-electron chi connectivity index (χ3n) is 3.04. The molecule has 1 unspecified atom stereocenters. The third kappa shape index (κ3) is 2.46. The zero-order chi connectivity index (χ0) is 11.4. The first-order valence-corrected chi connectivity index (χ1v) is 5.75. The van der Waals surface area contributed by atoms with Gasteiger partial charge in [0.05, 0.1) is 0 Å². The Kier molecular flexibility index (Phi) is 3.64. The molecular weight excluding hydrogens is 202 g/mol. The predicted molar refractivity (Wildman–Crippen MR) is 66.6 cm³/mol. The monoisotopic (exact) mass is 221 g/mol. The van der Waals surface area contributed by atoms with Gasteiger partial charge in [0.2, 0.25) is 0 Å². The average Bonchev–Trinajstić information content (AvgIpc) is 2.32. The Balaban J connectivity index is 2.13. The number of hydrogen-bond donors (Lipinski definition) is 3. The largest absolute Gasteiger partial charge is 0.399 e. The molecule has 0 radical (unpaired) electrons. The van der Waals surface area contributed by atoms with Crippen LogP contribution in [0.5, 0.6) is 0 Å². The van der Waals surface area contributed by atoms with Crippen molar-refractivity contribution in [2.75, 3.05) is 36.9 Å². The Morgan fingerprint density at radius 2 is 2.12 bits per heavy atom. The highest BCUT2D eigenvalue weighted by atomic mass is 16.3. The molecule has 4 heteroatoms. The minimum Gasteiger partial charge on any atom is -0.399 e. The Labute approximate surface area is 96.1 Å². The Hall–Kier alpha value is -1.26. The lowest BCUT2D eigenvalue weighted by Crippen LogP contribution is -2.51. The fourth-order valence-electron chi connectivity index (χ4n) is 2.17. The second-order valence-electron chi connectivity index (χ2n) is 4.16. The van der Waals surface area contributed by atoms with E-state index in [9.17, 15) is 0 Å². The van der Waals surface area contributed by atoms with Crippen molar-refractivity contribution in [3.8, 4) is 0 Å². The summed E-state index contributed by atoms with van der Waals surface area (Å²) in [6, 6.07) is 8.32. The average molecular weight is 221 g/mol. The normalized spacial score (nSPS) is 21.1. The summed E-state index contributed by atoms with van der Waals surface area (Å²) in [6.07, 6.45) is 0.803. The van der Waals surface area contributed by atoms with E-state index in [0.29, 0.717) is 6.04 Å². The van der Waals surface area contributed by atoms with Crippen LogP contribution in [0.25, 0.3) is 0 Å². The molecule has 2 rings (SSSR count). The van der Waals surface area contributed by atoms with E-state index in [1.807, 2.05) is 24.3 Å². The highest BCUT2D eigenvalue weighted by Crippen LogP contribution is 2.21. The number of rotatable bonds is 3.